The number of hydrogen-bond acceptors (Lipinski definition) is 6. The summed E-state index contributed by atoms with van der Waals surface area (Å²) in [5.41, 5.74) is -1.96. The normalized spacial score (nSPS) is 10.3. The van der Waals surface area contributed by atoms with Gasteiger partial charge in [-0.05, 0) is 66.7 Å². The van der Waals surface area contributed by atoms with E-state index < -0.39 is 46.8 Å². The fourth-order valence-electron chi connectivity index (χ4n) is 3.08. The van der Waals surface area contributed by atoms with E-state index in [9.17, 15) is 39.0 Å². The van der Waals surface area contributed by atoms with Crippen LogP contribution in [0.4, 0.5) is 5.69 Å². The summed E-state index contributed by atoms with van der Waals surface area (Å²) >= 11 is 0. The van der Waals surface area contributed by atoms with Gasteiger partial charge >= 0.3 is 23.9 Å². The number of carbonyl (C=O) groups excluding carboxylic acids is 2. The van der Waals surface area contributed by atoms with Crippen LogP contribution in [0, 0.1) is 0 Å². The van der Waals surface area contributed by atoms with Crippen molar-refractivity contribution in [3.05, 3.63) is 100 Å². The molecule has 0 heterocycles. The van der Waals surface area contributed by atoms with E-state index in [0.29, 0.717) is 4.90 Å². The van der Waals surface area contributed by atoms with E-state index in [1.165, 1.54) is 0 Å². The molecular formula is C24H15NO10. The zero-order valence-electron chi connectivity index (χ0n) is 17.5. The van der Waals surface area contributed by atoms with Gasteiger partial charge in [-0.15, -0.1) is 0 Å². The molecule has 35 heavy (non-hydrogen) atoms. The number of carboxylic acid groups (broad SMARTS) is 4. The maximum absolute atomic E-state index is 13.3. The molecule has 0 saturated carbocycles. The van der Waals surface area contributed by atoms with Crippen LogP contribution in [-0.4, -0.2) is 56.1 Å². The van der Waals surface area contributed by atoms with Gasteiger partial charge in [0.15, 0.2) is 0 Å². The van der Waals surface area contributed by atoms with Crippen LogP contribution in [0.5, 0.6) is 0 Å². The highest BCUT2D eigenvalue weighted by Crippen LogP contribution is 2.25. The minimum absolute atomic E-state index is 0.135. The van der Waals surface area contributed by atoms with Gasteiger partial charge in [-0.25, -0.2) is 24.1 Å². The summed E-state index contributed by atoms with van der Waals surface area (Å²) < 4.78 is 0. The fourth-order valence-corrected chi connectivity index (χ4v) is 3.08. The molecule has 0 unspecified atom stereocenters. The predicted octanol–water partition coefficient (Wildman–Crippen LogP) is 2.97. The van der Waals surface area contributed by atoms with Gasteiger partial charge in [0, 0.05) is 11.1 Å². The SMILES string of the molecule is O=C(O)c1ccc(C(=O)N(C(=O)c2ccc(C(=O)O)cc2)c2cc(C(=O)O)cc(C(=O)O)c2)cc1. The zero-order chi connectivity index (χ0) is 25.9. The number of carboxylic acids is 4. The van der Waals surface area contributed by atoms with Crippen molar-refractivity contribution in [2.75, 3.05) is 4.90 Å². The van der Waals surface area contributed by atoms with E-state index in [1.807, 2.05) is 0 Å². The molecule has 0 fully saturated rings. The predicted molar refractivity (Wildman–Crippen MR) is 118 cm³/mol. The smallest absolute Gasteiger partial charge is 0.335 e. The van der Waals surface area contributed by atoms with Gasteiger partial charge in [0.05, 0.1) is 27.9 Å². The highest BCUT2D eigenvalue weighted by atomic mass is 16.4. The molecule has 0 radical (unpaired) electrons. The molecule has 0 saturated heterocycles. The highest BCUT2D eigenvalue weighted by molar-refractivity contribution is 6.26. The van der Waals surface area contributed by atoms with Crippen molar-refractivity contribution < 1.29 is 49.2 Å². The van der Waals surface area contributed by atoms with Crippen LogP contribution >= 0.6 is 0 Å². The summed E-state index contributed by atoms with van der Waals surface area (Å²) in [5.74, 6) is -7.54. The number of amides is 2. The van der Waals surface area contributed by atoms with Crippen LogP contribution in [-0.2, 0) is 0 Å². The number of anilines is 1. The summed E-state index contributed by atoms with van der Waals surface area (Å²) in [6.45, 7) is 0. The average Bonchev–Trinajstić information content (AvgIpc) is 2.83. The Morgan fingerprint density at radius 3 is 1.00 bits per heavy atom. The van der Waals surface area contributed by atoms with E-state index in [2.05, 4.69) is 0 Å². The number of imide groups is 1. The first-order chi connectivity index (χ1) is 16.5. The third-order valence-electron chi connectivity index (χ3n) is 4.83. The largest absolute Gasteiger partial charge is 0.478 e. The Balaban J connectivity index is 2.18. The molecule has 0 aromatic heterocycles. The summed E-state index contributed by atoms with van der Waals surface area (Å²) in [4.78, 5) is 72.5. The van der Waals surface area contributed by atoms with Crippen molar-refractivity contribution in [2.24, 2.45) is 0 Å². The van der Waals surface area contributed by atoms with Crippen LogP contribution < -0.4 is 4.90 Å². The number of nitrogens with zero attached hydrogens (tertiary/aromatic N) is 1. The van der Waals surface area contributed by atoms with Gasteiger partial charge in [0.2, 0.25) is 0 Å². The Hall–Kier alpha value is -5.32. The van der Waals surface area contributed by atoms with Crippen molar-refractivity contribution in [2.45, 2.75) is 0 Å². The first-order valence-corrected chi connectivity index (χ1v) is 9.66. The van der Waals surface area contributed by atoms with Crippen molar-refractivity contribution in [1.29, 1.82) is 0 Å². The monoisotopic (exact) mass is 477 g/mol. The molecule has 3 aromatic carbocycles. The topological polar surface area (TPSA) is 187 Å². The molecule has 0 aliphatic carbocycles. The Morgan fingerprint density at radius 1 is 0.429 bits per heavy atom. The van der Waals surface area contributed by atoms with Crippen molar-refractivity contribution in [1.82, 2.24) is 0 Å². The first kappa shape index (κ1) is 24.3. The van der Waals surface area contributed by atoms with Crippen molar-refractivity contribution >= 4 is 41.4 Å². The van der Waals surface area contributed by atoms with Gasteiger partial charge in [-0.2, -0.15) is 0 Å². The average molecular weight is 477 g/mol. The van der Waals surface area contributed by atoms with Gasteiger partial charge in [0.25, 0.3) is 11.8 Å². The Labute approximate surface area is 196 Å². The van der Waals surface area contributed by atoms with Crippen LogP contribution in [0.1, 0.15) is 62.1 Å². The molecular weight excluding hydrogens is 462 g/mol. The van der Waals surface area contributed by atoms with E-state index in [1.54, 1.807) is 0 Å². The second-order valence-corrected chi connectivity index (χ2v) is 7.09. The summed E-state index contributed by atoms with van der Waals surface area (Å²) in [5, 5.41) is 36.9. The number of carbonyl (C=O) groups is 6. The Morgan fingerprint density at radius 2 is 0.714 bits per heavy atom. The first-order valence-electron chi connectivity index (χ1n) is 9.66. The maximum atomic E-state index is 13.3. The number of aromatic carboxylic acids is 4. The van der Waals surface area contributed by atoms with Crippen LogP contribution in [0.3, 0.4) is 0 Å². The molecule has 3 aromatic rings. The minimum atomic E-state index is -1.51. The Kier molecular flexibility index (Phi) is 6.72. The third-order valence-corrected chi connectivity index (χ3v) is 4.83. The molecule has 0 aliphatic heterocycles. The molecule has 11 nitrogen and oxygen atoms in total. The van der Waals surface area contributed by atoms with E-state index in [0.717, 1.165) is 66.7 Å². The molecule has 3 rings (SSSR count). The minimum Gasteiger partial charge on any atom is -0.478 e. The lowest BCUT2D eigenvalue weighted by Gasteiger charge is -2.22. The molecule has 11 heteroatoms. The highest BCUT2D eigenvalue weighted by Gasteiger charge is 2.28. The Bertz CT molecular complexity index is 1270. The quantitative estimate of drug-likeness (QED) is 0.368. The van der Waals surface area contributed by atoms with Crippen molar-refractivity contribution in [3.63, 3.8) is 0 Å². The number of rotatable bonds is 7. The fraction of sp³-hybridized carbons (Fsp3) is 0. The van der Waals surface area contributed by atoms with Crippen LogP contribution in [0.15, 0.2) is 66.7 Å². The number of hydrogen-bond donors (Lipinski definition) is 4. The molecule has 176 valence electrons. The second-order valence-electron chi connectivity index (χ2n) is 7.09. The lowest BCUT2D eigenvalue weighted by atomic mass is 10.0. The third kappa shape index (κ3) is 5.20. The lowest BCUT2D eigenvalue weighted by molar-refractivity contribution is 0.0680. The second kappa shape index (κ2) is 9.67. The van der Waals surface area contributed by atoms with Gasteiger partial charge in [-0.1, -0.05) is 0 Å². The number of benzene rings is 3. The lowest BCUT2D eigenvalue weighted by Crippen LogP contribution is -2.37. The van der Waals surface area contributed by atoms with E-state index in [-0.39, 0.29) is 27.9 Å². The molecule has 2 amide bonds. The van der Waals surface area contributed by atoms with Gasteiger partial charge in [-0.3, -0.25) is 9.59 Å². The maximum Gasteiger partial charge on any atom is 0.335 e. The molecule has 4 N–H and O–H groups in total. The summed E-state index contributed by atoms with van der Waals surface area (Å²) in [6.07, 6.45) is 0. The van der Waals surface area contributed by atoms with Gasteiger partial charge in [0.1, 0.15) is 0 Å². The summed E-state index contributed by atoms with van der Waals surface area (Å²) in [6, 6.07) is 11.8. The zero-order valence-corrected chi connectivity index (χ0v) is 17.5. The van der Waals surface area contributed by atoms with E-state index in [4.69, 9.17) is 10.2 Å². The molecule has 0 aliphatic rings. The molecule has 0 bridgehead atoms. The molecule has 0 spiro atoms. The summed E-state index contributed by atoms with van der Waals surface area (Å²) in [7, 11) is 0. The van der Waals surface area contributed by atoms with E-state index >= 15 is 0 Å². The standard InChI is InChI=1S/C24H15NO10/c26-19(12-1-5-14(6-2-12)21(28)29)25(20(27)13-3-7-15(8-4-13)22(30)31)18-10-16(23(32)33)9-17(11-18)24(34)35/h1-11H,(H,28,29)(H,30,31)(H,32,33)(H,34,35). The van der Waals surface area contributed by atoms with Crippen LogP contribution in [0.25, 0.3) is 0 Å². The molecule has 0 atom stereocenters. The van der Waals surface area contributed by atoms with Crippen molar-refractivity contribution in [3.8, 4) is 0 Å². The van der Waals surface area contributed by atoms with Gasteiger partial charge < -0.3 is 20.4 Å². The van der Waals surface area contributed by atoms with Crippen LogP contribution in [0.2, 0.25) is 0 Å².